The molecule has 0 fully saturated rings. The Kier molecular flexibility index (Phi) is 3.94. The van der Waals surface area contributed by atoms with Gasteiger partial charge in [-0.05, 0) is 17.7 Å². The number of benzene rings is 1. The summed E-state index contributed by atoms with van der Waals surface area (Å²) in [6, 6.07) is 4.66. The third kappa shape index (κ3) is 3.11. The molecule has 0 radical (unpaired) electrons. The number of hydrogen-bond acceptors (Lipinski definition) is 3. The first kappa shape index (κ1) is 11.8. The van der Waals surface area contributed by atoms with E-state index in [2.05, 4.69) is 5.16 Å². The number of carboxylic acids is 1. The molecule has 0 atom stereocenters. The molecule has 0 heterocycles. The predicted molar refractivity (Wildman–Crippen MR) is 57.0 cm³/mol. The number of carbonyl (C=O) groups is 1. The first-order valence-electron chi connectivity index (χ1n) is 3.92. The summed E-state index contributed by atoms with van der Waals surface area (Å²) in [5, 5.41) is 20.5. The van der Waals surface area contributed by atoms with E-state index in [1.165, 1.54) is 6.07 Å². The maximum Gasteiger partial charge on any atom is 0.354 e. The lowest BCUT2D eigenvalue weighted by atomic mass is 10.1. The van der Waals surface area contributed by atoms with E-state index >= 15 is 0 Å². The largest absolute Gasteiger partial charge is 0.477 e. The number of rotatable bonds is 3. The predicted octanol–water partition coefficient (Wildman–Crippen LogP) is 2.45. The highest BCUT2D eigenvalue weighted by Crippen LogP contribution is 2.21. The van der Waals surface area contributed by atoms with Gasteiger partial charge in [0.1, 0.15) is 0 Å². The first-order valence-corrected chi connectivity index (χ1v) is 4.68. The highest BCUT2D eigenvalue weighted by Gasteiger charge is 2.13. The number of aliphatic carboxylic acids is 1. The summed E-state index contributed by atoms with van der Waals surface area (Å²) in [5.41, 5.74) is 0.162. The van der Waals surface area contributed by atoms with Gasteiger partial charge in [0.15, 0.2) is 5.71 Å². The van der Waals surface area contributed by atoms with Gasteiger partial charge in [-0.3, -0.25) is 0 Å². The molecule has 1 aromatic rings. The normalized spacial score (nSPS) is 11.5. The van der Waals surface area contributed by atoms with Crippen molar-refractivity contribution in [1.29, 1.82) is 0 Å². The lowest BCUT2D eigenvalue weighted by molar-refractivity contribution is -0.129. The fraction of sp³-hybridized carbons (Fsp3) is 0.111. The fourth-order valence-corrected chi connectivity index (χ4v) is 1.47. The van der Waals surface area contributed by atoms with E-state index in [-0.39, 0.29) is 12.1 Å². The molecule has 0 saturated heterocycles. The molecule has 0 spiro atoms. The smallest absolute Gasteiger partial charge is 0.354 e. The molecule has 0 amide bonds. The minimum absolute atomic E-state index is 0.0537. The van der Waals surface area contributed by atoms with Crippen molar-refractivity contribution in [1.82, 2.24) is 0 Å². The molecule has 2 N–H and O–H groups in total. The number of hydrogen-bond donors (Lipinski definition) is 2. The summed E-state index contributed by atoms with van der Waals surface area (Å²) >= 11 is 11.5. The quantitative estimate of drug-likeness (QED) is 0.490. The zero-order valence-corrected chi connectivity index (χ0v) is 8.96. The average molecular weight is 248 g/mol. The van der Waals surface area contributed by atoms with Gasteiger partial charge in [-0.15, -0.1) is 0 Å². The van der Waals surface area contributed by atoms with Gasteiger partial charge in [-0.25, -0.2) is 4.79 Å². The van der Waals surface area contributed by atoms with Crippen molar-refractivity contribution in [3.05, 3.63) is 33.8 Å². The monoisotopic (exact) mass is 247 g/mol. The Morgan fingerprint density at radius 3 is 2.53 bits per heavy atom. The molecule has 1 aromatic carbocycles. The molecule has 0 unspecified atom stereocenters. The van der Waals surface area contributed by atoms with E-state index in [4.69, 9.17) is 33.5 Å². The van der Waals surface area contributed by atoms with Crippen LogP contribution in [0.5, 0.6) is 0 Å². The Morgan fingerprint density at radius 1 is 1.40 bits per heavy atom. The lowest BCUT2D eigenvalue weighted by Crippen LogP contribution is -2.16. The topological polar surface area (TPSA) is 69.9 Å². The van der Waals surface area contributed by atoms with Crippen molar-refractivity contribution in [2.24, 2.45) is 5.16 Å². The molecule has 0 saturated carbocycles. The van der Waals surface area contributed by atoms with Gasteiger partial charge in [0.25, 0.3) is 0 Å². The van der Waals surface area contributed by atoms with Crippen molar-refractivity contribution >= 4 is 34.9 Å². The third-order valence-corrected chi connectivity index (χ3v) is 2.33. The number of carboxylic acid groups (broad SMARTS) is 1. The Labute approximate surface area is 95.7 Å². The van der Waals surface area contributed by atoms with Crippen LogP contribution < -0.4 is 0 Å². The highest BCUT2D eigenvalue weighted by atomic mass is 35.5. The molecule has 80 valence electrons. The van der Waals surface area contributed by atoms with E-state index in [9.17, 15) is 4.79 Å². The summed E-state index contributed by atoms with van der Waals surface area (Å²) in [4.78, 5) is 10.6. The molecule has 0 aromatic heterocycles. The van der Waals surface area contributed by atoms with Crippen LogP contribution in [0, 0.1) is 0 Å². The molecule has 0 aliphatic carbocycles. The van der Waals surface area contributed by atoms with Crippen molar-refractivity contribution in [2.75, 3.05) is 0 Å². The summed E-state index contributed by atoms with van der Waals surface area (Å²) in [5.74, 6) is -1.29. The Bertz CT molecular complexity index is 418. The zero-order chi connectivity index (χ0) is 11.4. The summed E-state index contributed by atoms with van der Waals surface area (Å²) in [6.45, 7) is 0. The van der Waals surface area contributed by atoms with Crippen LogP contribution in [-0.4, -0.2) is 22.0 Å². The summed E-state index contributed by atoms with van der Waals surface area (Å²) in [7, 11) is 0. The minimum Gasteiger partial charge on any atom is -0.477 e. The summed E-state index contributed by atoms with van der Waals surface area (Å²) in [6.07, 6.45) is -0.0537. The molecule has 1 rings (SSSR count). The van der Waals surface area contributed by atoms with Crippen LogP contribution in [0.2, 0.25) is 10.0 Å². The highest BCUT2D eigenvalue weighted by molar-refractivity contribution is 6.38. The second-order valence-corrected chi connectivity index (χ2v) is 3.61. The van der Waals surface area contributed by atoms with Crippen LogP contribution in [0.25, 0.3) is 0 Å². The van der Waals surface area contributed by atoms with E-state index in [0.29, 0.717) is 15.6 Å². The SMILES string of the molecule is O=C(O)/C(Cc1ccc(Cl)cc1Cl)=N/O. The van der Waals surface area contributed by atoms with Gasteiger partial charge >= 0.3 is 5.97 Å². The molecule has 0 bridgehead atoms. The van der Waals surface area contributed by atoms with E-state index in [1.807, 2.05) is 0 Å². The standard InChI is InChI=1S/C9H7Cl2NO3/c10-6-2-1-5(7(11)4-6)3-8(12-15)9(13)14/h1-2,4,15H,3H2,(H,13,14)/b12-8+. The molecule has 4 nitrogen and oxygen atoms in total. The van der Waals surface area contributed by atoms with Gasteiger partial charge in [-0.1, -0.05) is 34.4 Å². The van der Waals surface area contributed by atoms with Gasteiger partial charge in [-0.2, -0.15) is 0 Å². The van der Waals surface area contributed by atoms with Crippen LogP contribution in [0.3, 0.4) is 0 Å². The van der Waals surface area contributed by atoms with Gasteiger partial charge in [0, 0.05) is 16.5 Å². The first-order chi connectivity index (χ1) is 7.04. The van der Waals surface area contributed by atoms with Gasteiger partial charge in [0.2, 0.25) is 0 Å². The average Bonchev–Trinajstić information content (AvgIpc) is 2.16. The zero-order valence-electron chi connectivity index (χ0n) is 7.44. The second kappa shape index (κ2) is 5.00. The van der Waals surface area contributed by atoms with Crippen LogP contribution in [0.4, 0.5) is 0 Å². The van der Waals surface area contributed by atoms with Crippen molar-refractivity contribution in [2.45, 2.75) is 6.42 Å². The maximum atomic E-state index is 10.6. The van der Waals surface area contributed by atoms with E-state index in [1.54, 1.807) is 12.1 Å². The molecular weight excluding hydrogens is 241 g/mol. The van der Waals surface area contributed by atoms with Crippen LogP contribution in [0.1, 0.15) is 5.56 Å². The minimum atomic E-state index is -1.29. The molecule has 0 aliphatic heterocycles. The van der Waals surface area contributed by atoms with E-state index < -0.39 is 5.97 Å². The van der Waals surface area contributed by atoms with Crippen molar-refractivity contribution < 1.29 is 15.1 Å². The maximum absolute atomic E-state index is 10.6. The molecule has 0 aliphatic rings. The molecule has 15 heavy (non-hydrogen) atoms. The Balaban J connectivity index is 2.94. The molecule has 6 heteroatoms. The van der Waals surface area contributed by atoms with E-state index in [0.717, 1.165) is 0 Å². The number of nitrogens with zero attached hydrogens (tertiary/aromatic N) is 1. The van der Waals surface area contributed by atoms with Crippen LogP contribution >= 0.6 is 23.2 Å². The number of halogens is 2. The lowest BCUT2D eigenvalue weighted by Gasteiger charge is -2.03. The van der Waals surface area contributed by atoms with Crippen LogP contribution in [0.15, 0.2) is 23.4 Å². The molecular formula is C9H7Cl2NO3. The second-order valence-electron chi connectivity index (χ2n) is 2.76. The third-order valence-electron chi connectivity index (χ3n) is 1.74. The Hall–Kier alpha value is -1.26. The van der Waals surface area contributed by atoms with Crippen LogP contribution in [-0.2, 0) is 11.2 Å². The van der Waals surface area contributed by atoms with Crippen molar-refractivity contribution in [3.63, 3.8) is 0 Å². The van der Waals surface area contributed by atoms with Gasteiger partial charge in [0.05, 0.1) is 0 Å². The fourth-order valence-electron chi connectivity index (χ4n) is 0.999. The van der Waals surface area contributed by atoms with Gasteiger partial charge < -0.3 is 10.3 Å². The Morgan fingerprint density at radius 2 is 2.07 bits per heavy atom. The van der Waals surface area contributed by atoms with Crippen molar-refractivity contribution in [3.8, 4) is 0 Å². The summed E-state index contributed by atoms with van der Waals surface area (Å²) < 4.78 is 0. The number of oxime groups is 1.